The van der Waals surface area contributed by atoms with Crippen LogP contribution in [-0.2, 0) is 0 Å². The molecule has 0 unspecified atom stereocenters. The molecule has 0 aliphatic rings. The quantitative estimate of drug-likeness (QED) is 0.560. The number of nitrogens with zero attached hydrogens (tertiary/aromatic N) is 3. The Morgan fingerprint density at radius 1 is 0.667 bits per heavy atom. The van der Waals surface area contributed by atoms with Crippen LogP contribution >= 0.6 is 0 Å². The predicted molar refractivity (Wildman–Crippen MR) is 102 cm³/mol. The fraction of sp³-hybridized carbons (Fsp3) is 1.00. The number of hydrogen-bond donors (Lipinski definition) is 0. The Kier molecular flexibility index (Phi) is 8.95. The highest BCUT2D eigenvalue weighted by Gasteiger charge is 2.46. The molecule has 0 aromatic rings. The molecule has 0 saturated heterocycles. The van der Waals surface area contributed by atoms with Gasteiger partial charge in [0.1, 0.15) is 0 Å². The number of rotatable bonds is 10. The first-order valence-corrected chi connectivity index (χ1v) is 14.7. The molecule has 21 heavy (non-hydrogen) atoms. The van der Waals surface area contributed by atoms with Crippen molar-refractivity contribution in [3.05, 3.63) is 0 Å². The Morgan fingerprint density at radius 2 is 0.952 bits per heavy atom. The van der Waals surface area contributed by atoms with E-state index in [1.807, 2.05) is 0 Å². The normalized spacial score (nSPS) is 14.0. The van der Waals surface area contributed by atoms with E-state index < -0.39 is 16.8 Å². The summed E-state index contributed by atoms with van der Waals surface area (Å²) in [7, 11) is -3.14. The van der Waals surface area contributed by atoms with Gasteiger partial charge in [0.05, 0.1) is 0 Å². The Hall–Kier alpha value is 0.314. The van der Waals surface area contributed by atoms with Crippen LogP contribution in [0.25, 0.3) is 0 Å². The first-order valence-electron chi connectivity index (χ1n) is 8.87. The highest BCUT2D eigenvalue weighted by Crippen LogP contribution is 2.26. The van der Waals surface area contributed by atoms with Crippen molar-refractivity contribution in [3.63, 3.8) is 0 Å². The van der Waals surface area contributed by atoms with Crippen molar-refractivity contribution in [2.45, 2.75) is 67.7 Å². The average molecular weight is 332 g/mol. The lowest BCUT2D eigenvalue weighted by Crippen LogP contribution is -2.74. The SMILES string of the molecule is CCN(CC)[Si](C)(C)N(CC(C)C)[Si](C)(C)N(CC)CC. The molecule has 0 amide bonds. The summed E-state index contributed by atoms with van der Waals surface area (Å²) in [4.78, 5) is 0. The van der Waals surface area contributed by atoms with Crippen LogP contribution in [0.1, 0.15) is 41.5 Å². The number of hydrogen-bond acceptors (Lipinski definition) is 3. The maximum atomic E-state index is 2.98. The second kappa shape index (κ2) is 8.82. The molecule has 0 rings (SSSR count). The molecule has 0 aromatic heterocycles. The third-order valence-electron chi connectivity index (χ3n) is 4.94. The van der Waals surface area contributed by atoms with Gasteiger partial charge in [-0.3, -0.25) is 0 Å². The van der Waals surface area contributed by atoms with Crippen LogP contribution in [-0.4, -0.2) is 62.9 Å². The van der Waals surface area contributed by atoms with E-state index in [1.165, 1.54) is 32.7 Å². The molecule has 0 bridgehead atoms. The van der Waals surface area contributed by atoms with Crippen molar-refractivity contribution in [1.82, 2.24) is 13.4 Å². The standard InChI is InChI=1S/C16H41N3Si2/c1-11-17(12-2)20(7,8)19(15-16(5)6)21(9,10)18(13-3)14-4/h16H,11-15H2,1-10H3. The van der Waals surface area contributed by atoms with Gasteiger partial charge in [-0.15, -0.1) is 0 Å². The molecule has 0 radical (unpaired) electrons. The van der Waals surface area contributed by atoms with E-state index in [9.17, 15) is 0 Å². The molecule has 0 spiro atoms. The van der Waals surface area contributed by atoms with Gasteiger partial charge in [0, 0.05) is 0 Å². The fourth-order valence-electron chi connectivity index (χ4n) is 3.82. The van der Waals surface area contributed by atoms with Crippen LogP contribution < -0.4 is 0 Å². The third-order valence-corrected chi connectivity index (χ3v) is 15.6. The largest absolute Gasteiger partial charge is 0.321 e. The Labute approximate surface area is 137 Å². The van der Waals surface area contributed by atoms with Gasteiger partial charge in [0.2, 0.25) is 0 Å². The molecule has 0 N–H and O–H groups in total. The van der Waals surface area contributed by atoms with Crippen LogP contribution in [0.15, 0.2) is 0 Å². The van der Waals surface area contributed by atoms with E-state index in [0.717, 1.165) is 5.92 Å². The zero-order valence-corrected chi connectivity index (χ0v) is 18.5. The topological polar surface area (TPSA) is 9.72 Å². The van der Waals surface area contributed by atoms with Gasteiger partial charge in [0.15, 0.2) is 16.8 Å². The van der Waals surface area contributed by atoms with Crippen molar-refractivity contribution in [1.29, 1.82) is 0 Å². The van der Waals surface area contributed by atoms with Gasteiger partial charge in [0.25, 0.3) is 0 Å². The first-order chi connectivity index (χ1) is 9.59. The zero-order chi connectivity index (χ0) is 16.8. The summed E-state index contributed by atoms with van der Waals surface area (Å²) in [6.45, 7) is 30.2. The van der Waals surface area contributed by atoms with Crippen LogP contribution in [0.5, 0.6) is 0 Å². The van der Waals surface area contributed by atoms with Gasteiger partial charge in [-0.25, -0.2) is 0 Å². The lowest BCUT2D eigenvalue weighted by molar-refractivity contribution is 0.350. The van der Waals surface area contributed by atoms with E-state index >= 15 is 0 Å². The average Bonchev–Trinajstić information content (AvgIpc) is 2.37. The molecule has 0 aliphatic heterocycles. The molecule has 0 heterocycles. The van der Waals surface area contributed by atoms with Crippen molar-refractivity contribution < 1.29 is 0 Å². The maximum absolute atomic E-state index is 2.98. The summed E-state index contributed by atoms with van der Waals surface area (Å²) in [6, 6.07) is 0. The van der Waals surface area contributed by atoms with Crippen molar-refractivity contribution in [2.75, 3.05) is 32.7 Å². The summed E-state index contributed by atoms with van der Waals surface area (Å²) >= 11 is 0. The van der Waals surface area contributed by atoms with Crippen molar-refractivity contribution >= 4 is 16.8 Å². The Morgan fingerprint density at radius 3 is 1.14 bits per heavy atom. The van der Waals surface area contributed by atoms with E-state index in [1.54, 1.807) is 0 Å². The van der Waals surface area contributed by atoms with E-state index in [4.69, 9.17) is 0 Å². The smallest absolute Gasteiger partial charge is 0.194 e. The summed E-state index contributed by atoms with van der Waals surface area (Å²) in [5.41, 5.74) is 0. The van der Waals surface area contributed by atoms with E-state index in [-0.39, 0.29) is 0 Å². The second-order valence-corrected chi connectivity index (χ2v) is 16.1. The van der Waals surface area contributed by atoms with Crippen molar-refractivity contribution in [3.8, 4) is 0 Å². The molecule has 128 valence electrons. The summed E-state index contributed by atoms with van der Waals surface area (Å²) in [5, 5.41) is 0. The summed E-state index contributed by atoms with van der Waals surface area (Å²) in [5.74, 6) is 0.731. The fourth-order valence-corrected chi connectivity index (χ4v) is 15.4. The highest BCUT2D eigenvalue weighted by atomic mass is 28.4. The van der Waals surface area contributed by atoms with Gasteiger partial charge in [-0.1, -0.05) is 41.5 Å². The van der Waals surface area contributed by atoms with Gasteiger partial charge in [-0.2, -0.15) is 0 Å². The van der Waals surface area contributed by atoms with Gasteiger partial charge < -0.3 is 13.4 Å². The zero-order valence-electron chi connectivity index (χ0n) is 16.5. The Balaban J connectivity index is 5.65. The van der Waals surface area contributed by atoms with Crippen LogP contribution in [0, 0.1) is 5.92 Å². The van der Waals surface area contributed by atoms with Crippen molar-refractivity contribution in [2.24, 2.45) is 5.92 Å². The molecule has 3 nitrogen and oxygen atoms in total. The lowest BCUT2D eigenvalue weighted by atomic mass is 10.2. The summed E-state index contributed by atoms with van der Waals surface area (Å²) in [6.07, 6.45) is 0. The first kappa shape index (κ1) is 21.3. The molecule has 0 fully saturated rings. The second-order valence-electron chi connectivity index (χ2n) is 7.34. The minimum Gasteiger partial charge on any atom is -0.321 e. The van der Waals surface area contributed by atoms with E-state index in [2.05, 4.69) is 81.1 Å². The molecular weight excluding hydrogens is 290 g/mol. The van der Waals surface area contributed by atoms with Crippen LogP contribution in [0.2, 0.25) is 26.2 Å². The van der Waals surface area contributed by atoms with Crippen LogP contribution in [0.4, 0.5) is 0 Å². The third kappa shape index (κ3) is 5.17. The summed E-state index contributed by atoms with van der Waals surface area (Å²) < 4.78 is 8.46. The monoisotopic (exact) mass is 331 g/mol. The molecule has 0 aliphatic carbocycles. The predicted octanol–water partition coefficient (Wildman–Crippen LogP) is 4.03. The molecule has 0 atom stereocenters. The van der Waals surface area contributed by atoms with Gasteiger partial charge >= 0.3 is 0 Å². The molecule has 0 aromatic carbocycles. The minimum atomic E-state index is -1.57. The van der Waals surface area contributed by atoms with E-state index in [0.29, 0.717) is 0 Å². The maximum Gasteiger partial charge on any atom is 0.194 e. The molecule has 5 heteroatoms. The lowest BCUT2D eigenvalue weighted by Gasteiger charge is -2.54. The van der Waals surface area contributed by atoms with Gasteiger partial charge in [-0.05, 0) is 64.8 Å². The minimum absolute atomic E-state index is 0.731. The van der Waals surface area contributed by atoms with Crippen LogP contribution in [0.3, 0.4) is 0 Å². The highest BCUT2D eigenvalue weighted by molar-refractivity contribution is 6.88. The molecular formula is C16H41N3Si2. The Bertz CT molecular complexity index is 261. The molecule has 0 saturated carbocycles.